The maximum atomic E-state index is 10.8. The van der Waals surface area contributed by atoms with Gasteiger partial charge in [-0.05, 0) is 34.1 Å². The fraction of sp³-hybridized carbons (Fsp3) is 0.692. The van der Waals surface area contributed by atoms with Crippen molar-refractivity contribution in [1.82, 2.24) is 9.78 Å². The molecule has 5 nitrogen and oxygen atoms in total. The summed E-state index contributed by atoms with van der Waals surface area (Å²) in [5.74, 6) is -0.821. The number of carboxylic acid groups (broad SMARTS) is 1. The molecule has 0 radical (unpaired) electrons. The lowest BCUT2D eigenvalue weighted by Crippen LogP contribution is -2.25. The van der Waals surface area contributed by atoms with Crippen LogP contribution in [0.2, 0.25) is 0 Å². The molecule has 1 aromatic heterocycles. The van der Waals surface area contributed by atoms with E-state index in [0.717, 1.165) is 29.9 Å². The van der Waals surface area contributed by atoms with Crippen molar-refractivity contribution >= 4 is 5.97 Å². The van der Waals surface area contributed by atoms with Gasteiger partial charge in [-0.15, -0.1) is 0 Å². The summed E-state index contributed by atoms with van der Waals surface area (Å²) in [6.07, 6.45) is 0.864. The Balaban J connectivity index is 2.82. The molecule has 0 spiro atoms. The highest BCUT2D eigenvalue weighted by Crippen LogP contribution is 2.18. The summed E-state index contributed by atoms with van der Waals surface area (Å²) in [7, 11) is 1.69. The normalized spacial score (nSPS) is 11.8. The molecule has 0 aliphatic heterocycles. The monoisotopic (exact) mass is 254 g/mol. The van der Waals surface area contributed by atoms with Crippen LogP contribution in [0.15, 0.2) is 0 Å². The lowest BCUT2D eigenvalue weighted by atomic mass is 10.1. The van der Waals surface area contributed by atoms with Crippen molar-refractivity contribution < 1.29 is 14.6 Å². The first-order valence-corrected chi connectivity index (χ1v) is 6.06. The molecule has 0 saturated heterocycles. The molecule has 1 rings (SSSR count). The molecule has 0 amide bonds. The van der Waals surface area contributed by atoms with Gasteiger partial charge >= 0.3 is 5.97 Å². The number of hydrogen-bond acceptors (Lipinski definition) is 3. The van der Waals surface area contributed by atoms with Gasteiger partial charge in [-0.25, -0.2) is 0 Å². The van der Waals surface area contributed by atoms with E-state index in [1.54, 1.807) is 7.11 Å². The number of nitrogens with zero attached hydrogens (tertiary/aromatic N) is 2. The minimum Gasteiger partial charge on any atom is -0.481 e. The fourth-order valence-electron chi connectivity index (χ4n) is 1.84. The van der Waals surface area contributed by atoms with Crippen LogP contribution >= 0.6 is 0 Å². The van der Waals surface area contributed by atoms with Gasteiger partial charge in [0.25, 0.3) is 0 Å². The van der Waals surface area contributed by atoms with E-state index in [0.29, 0.717) is 0 Å². The topological polar surface area (TPSA) is 64.4 Å². The zero-order valence-corrected chi connectivity index (χ0v) is 11.8. The van der Waals surface area contributed by atoms with Gasteiger partial charge in [-0.1, -0.05) is 0 Å². The number of ether oxygens (including phenoxy) is 1. The number of carbonyl (C=O) groups is 1. The van der Waals surface area contributed by atoms with Gasteiger partial charge in [0, 0.05) is 24.9 Å². The Morgan fingerprint density at radius 3 is 2.56 bits per heavy atom. The quantitative estimate of drug-likeness (QED) is 0.842. The molecule has 0 unspecified atom stereocenters. The predicted octanol–water partition coefficient (Wildman–Crippen LogP) is 1.94. The Morgan fingerprint density at radius 1 is 1.44 bits per heavy atom. The van der Waals surface area contributed by atoms with Crippen LogP contribution in [0.5, 0.6) is 0 Å². The summed E-state index contributed by atoms with van der Waals surface area (Å²) < 4.78 is 7.24. The lowest BCUT2D eigenvalue weighted by Gasteiger charge is -2.22. The summed E-state index contributed by atoms with van der Waals surface area (Å²) in [6, 6.07) is 0. The number of methoxy groups -OCH3 is 1. The Labute approximate surface area is 108 Å². The largest absolute Gasteiger partial charge is 0.481 e. The highest BCUT2D eigenvalue weighted by molar-refractivity contribution is 5.70. The first-order valence-electron chi connectivity index (χ1n) is 6.06. The second-order valence-electron chi connectivity index (χ2n) is 5.16. The summed E-state index contributed by atoms with van der Waals surface area (Å²) in [5, 5.41) is 13.3. The van der Waals surface area contributed by atoms with Crippen molar-refractivity contribution in [1.29, 1.82) is 0 Å². The standard InChI is InChI=1S/C13H22N2O3/c1-9-11(8-12(16)17)10(2)15(14-9)7-6-13(3,4)18-5/h6-8H2,1-5H3,(H,16,17). The molecule has 0 aliphatic carbocycles. The Bertz CT molecular complexity index is 436. The van der Waals surface area contributed by atoms with E-state index in [2.05, 4.69) is 5.10 Å². The first-order chi connectivity index (χ1) is 8.26. The van der Waals surface area contributed by atoms with E-state index in [4.69, 9.17) is 9.84 Å². The molecule has 0 atom stereocenters. The number of rotatable bonds is 6. The second-order valence-corrected chi connectivity index (χ2v) is 5.16. The minimum absolute atomic E-state index is 0.0331. The van der Waals surface area contributed by atoms with Crippen molar-refractivity contribution in [2.75, 3.05) is 7.11 Å². The smallest absolute Gasteiger partial charge is 0.307 e. The third kappa shape index (κ3) is 3.57. The average molecular weight is 254 g/mol. The average Bonchev–Trinajstić information content (AvgIpc) is 2.54. The van der Waals surface area contributed by atoms with E-state index in [1.807, 2.05) is 32.4 Å². The van der Waals surface area contributed by atoms with Gasteiger partial charge < -0.3 is 9.84 Å². The highest BCUT2D eigenvalue weighted by atomic mass is 16.5. The summed E-state index contributed by atoms with van der Waals surface area (Å²) >= 11 is 0. The van der Waals surface area contributed by atoms with Gasteiger partial charge in [0.1, 0.15) is 0 Å². The van der Waals surface area contributed by atoms with Gasteiger partial charge in [0.05, 0.1) is 17.7 Å². The van der Waals surface area contributed by atoms with Crippen LogP contribution in [-0.4, -0.2) is 33.6 Å². The number of aliphatic carboxylic acids is 1. The van der Waals surface area contributed by atoms with E-state index >= 15 is 0 Å². The Kier molecular flexibility index (Phi) is 4.51. The molecule has 1 N–H and O–H groups in total. The van der Waals surface area contributed by atoms with Crippen LogP contribution in [0.3, 0.4) is 0 Å². The number of aryl methyl sites for hydroxylation is 2. The molecular weight excluding hydrogens is 232 g/mol. The van der Waals surface area contributed by atoms with E-state index in [1.165, 1.54) is 0 Å². The molecule has 0 aromatic carbocycles. The molecular formula is C13H22N2O3. The van der Waals surface area contributed by atoms with Crippen molar-refractivity contribution in [2.45, 2.75) is 52.7 Å². The highest BCUT2D eigenvalue weighted by Gasteiger charge is 2.19. The lowest BCUT2D eigenvalue weighted by molar-refractivity contribution is -0.136. The van der Waals surface area contributed by atoms with Crippen LogP contribution in [0.1, 0.15) is 37.2 Å². The van der Waals surface area contributed by atoms with Crippen LogP contribution in [0.4, 0.5) is 0 Å². The van der Waals surface area contributed by atoms with Gasteiger partial charge in [-0.3, -0.25) is 9.48 Å². The zero-order valence-electron chi connectivity index (χ0n) is 11.8. The van der Waals surface area contributed by atoms with Crippen LogP contribution in [0.25, 0.3) is 0 Å². The molecule has 102 valence electrons. The number of hydrogen-bond donors (Lipinski definition) is 1. The SMILES string of the molecule is COC(C)(C)CCn1nc(C)c(CC(=O)O)c1C. The van der Waals surface area contributed by atoms with Gasteiger partial charge in [-0.2, -0.15) is 5.10 Å². The van der Waals surface area contributed by atoms with E-state index in [9.17, 15) is 4.79 Å². The van der Waals surface area contributed by atoms with Crippen molar-refractivity contribution in [2.24, 2.45) is 0 Å². The fourth-order valence-corrected chi connectivity index (χ4v) is 1.84. The summed E-state index contributed by atoms with van der Waals surface area (Å²) in [4.78, 5) is 10.8. The van der Waals surface area contributed by atoms with Crippen molar-refractivity contribution in [3.05, 3.63) is 17.0 Å². The second kappa shape index (κ2) is 5.52. The Hall–Kier alpha value is -1.36. The number of carboxylic acids is 1. The number of aromatic nitrogens is 2. The molecule has 0 saturated carbocycles. The first kappa shape index (κ1) is 14.7. The van der Waals surface area contributed by atoms with Crippen LogP contribution < -0.4 is 0 Å². The van der Waals surface area contributed by atoms with E-state index in [-0.39, 0.29) is 12.0 Å². The van der Waals surface area contributed by atoms with Crippen LogP contribution in [-0.2, 0) is 22.5 Å². The zero-order chi connectivity index (χ0) is 13.9. The van der Waals surface area contributed by atoms with Crippen molar-refractivity contribution in [3.63, 3.8) is 0 Å². The molecule has 0 fully saturated rings. The molecule has 1 heterocycles. The minimum atomic E-state index is -0.821. The molecule has 0 aliphatic rings. The Morgan fingerprint density at radius 2 is 2.06 bits per heavy atom. The molecule has 1 aromatic rings. The van der Waals surface area contributed by atoms with Crippen molar-refractivity contribution in [3.8, 4) is 0 Å². The van der Waals surface area contributed by atoms with Gasteiger partial charge in [0.15, 0.2) is 0 Å². The summed E-state index contributed by atoms with van der Waals surface area (Å²) in [6.45, 7) is 8.54. The van der Waals surface area contributed by atoms with Gasteiger partial charge in [0.2, 0.25) is 0 Å². The van der Waals surface area contributed by atoms with E-state index < -0.39 is 5.97 Å². The third-order valence-corrected chi connectivity index (χ3v) is 3.34. The molecule has 0 bridgehead atoms. The molecule has 18 heavy (non-hydrogen) atoms. The predicted molar refractivity (Wildman–Crippen MR) is 68.7 cm³/mol. The maximum Gasteiger partial charge on any atom is 0.307 e. The summed E-state index contributed by atoms with van der Waals surface area (Å²) in [5.41, 5.74) is 2.35. The molecule has 5 heteroatoms. The maximum absolute atomic E-state index is 10.8. The third-order valence-electron chi connectivity index (χ3n) is 3.34. The van der Waals surface area contributed by atoms with Crippen LogP contribution in [0, 0.1) is 13.8 Å².